The van der Waals surface area contributed by atoms with E-state index >= 15 is 0 Å². The summed E-state index contributed by atoms with van der Waals surface area (Å²) in [6.07, 6.45) is 0.856. The minimum atomic E-state index is -0.496. The van der Waals surface area contributed by atoms with Crippen LogP contribution in [0.1, 0.15) is 27.2 Å². The summed E-state index contributed by atoms with van der Waals surface area (Å²) in [5.74, 6) is 1.60. The number of nitrogens with one attached hydrogen (secondary N) is 3. The average molecular weight is 334 g/mol. The van der Waals surface area contributed by atoms with Gasteiger partial charge in [-0.25, -0.2) is 0 Å². The first-order valence-corrected chi connectivity index (χ1v) is 8.40. The largest absolute Gasteiger partial charge is 0.494 e. The van der Waals surface area contributed by atoms with Crippen LogP contribution in [0.3, 0.4) is 0 Å². The highest BCUT2D eigenvalue weighted by molar-refractivity contribution is 5.84. The number of amides is 1. The molecule has 24 heavy (non-hydrogen) atoms. The van der Waals surface area contributed by atoms with Gasteiger partial charge in [-0.3, -0.25) is 9.79 Å². The molecule has 0 bridgehead atoms. The summed E-state index contributed by atoms with van der Waals surface area (Å²) < 4.78 is 5.64. The Labute approximate surface area is 145 Å². The van der Waals surface area contributed by atoms with E-state index in [2.05, 4.69) is 20.9 Å². The van der Waals surface area contributed by atoms with Crippen LogP contribution in [-0.4, -0.2) is 45.2 Å². The number of guanidine groups is 1. The second kappa shape index (κ2) is 10.5. The Hall–Kier alpha value is -2.24. The van der Waals surface area contributed by atoms with E-state index in [1.165, 1.54) is 0 Å². The summed E-state index contributed by atoms with van der Waals surface area (Å²) in [4.78, 5) is 16.1. The number of carbonyl (C=O) groups is 1. The molecule has 0 atom stereocenters. The number of hydrogen-bond acceptors (Lipinski definition) is 3. The topological polar surface area (TPSA) is 74.8 Å². The number of carbonyl (C=O) groups excluding carboxylic acids is 1. The lowest BCUT2D eigenvalue weighted by molar-refractivity contribution is -0.128. The molecule has 1 amide bonds. The van der Waals surface area contributed by atoms with Crippen molar-refractivity contribution in [1.82, 2.24) is 16.0 Å². The fourth-order valence-electron chi connectivity index (χ4n) is 1.99. The first-order chi connectivity index (χ1) is 11.5. The third-order valence-electron chi connectivity index (χ3n) is 3.50. The van der Waals surface area contributed by atoms with Crippen molar-refractivity contribution >= 4 is 11.9 Å². The number of nitrogens with zero attached hydrogens (tertiary/aromatic N) is 1. The van der Waals surface area contributed by atoms with E-state index in [4.69, 9.17) is 4.74 Å². The molecule has 0 unspecified atom stereocenters. The van der Waals surface area contributed by atoms with Gasteiger partial charge in [0.25, 0.3) is 0 Å². The van der Waals surface area contributed by atoms with Gasteiger partial charge in [-0.2, -0.15) is 0 Å². The van der Waals surface area contributed by atoms with E-state index in [1.807, 2.05) is 51.1 Å². The van der Waals surface area contributed by atoms with E-state index in [0.717, 1.165) is 18.7 Å². The molecule has 0 aliphatic carbocycles. The molecule has 1 aromatic carbocycles. The maximum atomic E-state index is 12.0. The SMILES string of the molecule is CCNC(=O)C(C)(C)CNC(=NC)NCCCOc1ccccc1. The first kappa shape index (κ1) is 19.8. The molecule has 0 aromatic heterocycles. The van der Waals surface area contributed by atoms with E-state index < -0.39 is 5.41 Å². The highest BCUT2D eigenvalue weighted by Gasteiger charge is 2.27. The summed E-state index contributed by atoms with van der Waals surface area (Å²) in [6.45, 7) is 8.26. The van der Waals surface area contributed by atoms with Gasteiger partial charge in [0, 0.05) is 26.7 Å². The number of rotatable bonds is 9. The van der Waals surface area contributed by atoms with Crippen LogP contribution in [0.15, 0.2) is 35.3 Å². The number of aliphatic imine (C=N–C) groups is 1. The summed E-state index contributed by atoms with van der Waals surface area (Å²) in [5.41, 5.74) is -0.496. The molecular weight excluding hydrogens is 304 g/mol. The zero-order chi connectivity index (χ0) is 17.8. The van der Waals surface area contributed by atoms with Crippen molar-refractivity contribution in [3.8, 4) is 5.75 Å². The third kappa shape index (κ3) is 7.35. The van der Waals surface area contributed by atoms with E-state index in [1.54, 1.807) is 7.05 Å². The fraction of sp³-hybridized carbons (Fsp3) is 0.556. The lowest BCUT2D eigenvalue weighted by Crippen LogP contribution is -2.48. The molecule has 6 heteroatoms. The highest BCUT2D eigenvalue weighted by atomic mass is 16.5. The second-order valence-corrected chi connectivity index (χ2v) is 6.11. The van der Waals surface area contributed by atoms with Crippen LogP contribution < -0.4 is 20.7 Å². The quantitative estimate of drug-likeness (QED) is 0.366. The third-order valence-corrected chi connectivity index (χ3v) is 3.50. The second-order valence-electron chi connectivity index (χ2n) is 6.11. The molecule has 0 saturated carbocycles. The first-order valence-electron chi connectivity index (χ1n) is 8.40. The van der Waals surface area contributed by atoms with Crippen molar-refractivity contribution in [3.05, 3.63) is 30.3 Å². The normalized spacial score (nSPS) is 11.8. The number of benzene rings is 1. The Balaban J connectivity index is 2.24. The molecule has 0 radical (unpaired) electrons. The van der Waals surface area contributed by atoms with Gasteiger partial charge in [0.1, 0.15) is 5.75 Å². The van der Waals surface area contributed by atoms with Gasteiger partial charge in [0.05, 0.1) is 12.0 Å². The van der Waals surface area contributed by atoms with Gasteiger partial charge in [-0.05, 0) is 39.3 Å². The molecule has 3 N–H and O–H groups in total. The van der Waals surface area contributed by atoms with Crippen LogP contribution in [0.25, 0.3) is 0 Å². The predicted octanol–water partition coefficient (Wildman–Crippen LogP) is 1.78. The van der Waals surface area contributed by atoms with Crippen molar-refractivity contribution in [3.63, 3.8) is 0 Å². The van der Waals surface area contributed by atoms with Crippen LogP contribution in [-0.2, 0) is 4.79 Å². The van der Waals surface area contributed by atoms with Gasteiger partial charge in [-0.15, -0.1) is 0 Å². The molecule has 0 fully saturated rings. The maximum Gasteiger partial charge on any atom is 0.227 e. The Morgan fingerprint density at radius 2 is 1.88 bits per heavy atom. The van der Waals surface area contributed by atoms with Crippen molar-refractivity contribution in [2.24, 2.45) is 10.4 Å². The van der Waals surface area contributed by atoms with Gasteiger partial charge in [0.2, 0.25) is 5.91 Å². The number of ether oxygens (including phenoxy) is 1. The smallest absolute Gasteiger partial charge is 0.227 e. The lowest BCUT2D eigenvalue weighted by atomic mass is 9.92. The van der Waals surface area contributed by atoms with E-state index in [9.17, 15) is 4.79 Å². The molecule has 0 aliphatic rings. The fourth-order valence-corrected chi connectivity index (χ4v) is 1.99. The van der Waals surface area contributed by atoms with Crippen molar-refractivity contribution < 1.29 is 9.53 Å². The Morgan fingerprint density at radius 3 is 2.50 bits per heavy atom. The highest BCUT2D eigenvalue weighted by Crippen LogP contribution is 2.13. The molecule has 1 aromatic rings. The van der Waals surface area contributed by atoms with Crippen LogP contribution in [0.2, 0.25) is 0 Å². The zero-order valence-corrected chi connectivity index (χ0v) is 15.2. The van der Waals surface area contributed by atoms with Gasteiger partial charge in [-0.1, -0.05) is 18.2 Å². The Kier molecular flexibility index (Phi) is 8.68. The standard InChI is InChI=1S/C18H30N4O2/c1-5-20-16(23)18(2,3)14-22-17(19-4)21-12-9-13-24-15-10-7-6-8-11-15/h6-8,10-11H,5,9,12-14H2,1-4H3,(H,20,23)(H2,19,21,22). The summed E-state index contributed by atoms with van der Waals surface area (Å²) >= 11 is 0. The monoisotopic (exact) mass is 334 g/mol. The van der Waals surface area contributed by atoms with Gasteiger partial charge >= 0.3 is 0 Å². The number of para-hydroxylation sites is 1. The Morgan fingerprint density at radius 1 is 1.17 bits per heavy atom. The van der Waals surface area contributed by atoms with Crippen LogP contribution in [0, 0.1) is 5.41 Å². The minimum absolute atomic E-state index is 0.0317. The molecule has 134 valence electrons. The van der Waals surface area contributed by atoms with Crippen LogP contribution >= 0.6 is 0 Å². The van der Waals surface area contributed by atoms with Gasteiger partial charge < -0.3 is 20.7 Å². The summed E-state index contributed by atoms with van der Waals surface area (Å²) in [5, 5.41) is 9.27. The average Bonchev–Trinajstić information content (AvgIpc) is 2.58. The zero-order valence-electron chi connectivity index (χ0n) is 15.2. The summed E-state index contributed by atoms with van der Waals surface area (Å²) in [6, 6.07) is 9.76. The number of hydrogen-bond donors (Lipinski definition) is 3. The van der Waals surface area contributed by atoms with Crippen molar-refractivity contribution in [2.45, 2.75) is 27.2 Å². The molecular formula is C18H30N4O2. The van der Waals surface area contributed by atoms with Crippen LogP contribution in [0.5, 0.6) is 5.75 Å². The van der Waals surface area contributed by atoms with Crippen molar-refractivity contribution in [1.29, 1.82) is 0 Å². The molecule has 0 aliphatic heterocycles. The maximum absolute atomic E-state index is 12.0. The van der Waals surface area contributed by atoms with Gasteiger partial charge in [0.15, 0.2) is 5.96 Å². The van der Waals surface area contributed by atoms with Crippen molar-refractivity contribution in [2.75, 3.05) is 33.3 Å². The molecule has 0 saturated heterocycles. The predicted molar refractivity (Wildman–Crippen MR) is 98.4 cm³/mol. The molecule has 6 nitrogen and oxygen atoms in total. The van der Waals surface area contributed by atoms with E-state index in [0.29, 0.717) is 25.7 Å². The minimum Gasteiger partial charge on any atom is -0.494 e. The molecule has 0 heterocycles. The van der Waals surface area contributed by atoms with E-state index in [-0.39, 0.29) is 5.91 Å². The lowest BCUT2D eigenvalue weighted by Gasteiger charge is -2.24. The molecule has 0 spiro atoms. The molecule has 1 rings (SSSR count). The summed E-state index contributed by atoms with van der Waals surface area (Å²) in [7, 11) is 1.72. The van der Waals surface area contributed by atoms with Crippen LogP contribution in [0.4, 0.5) is 0 Å². The Bertz CT molecular complexity index is 515.